The molecule has 0 saturated carbocycles. The van der Waals surface area contributed by atoms with E-state index in [2.05, 4.69) is 16.3 Å². The van der Waals surface area contributed by atoms with Gasteiger partial charge in [0.2, 0.25) is 0 Å². The van der Waals surface area contributed by atoms with Gasteiger partial charge in [0.1, 0.15) is 18.1 Å². The van der Waals surface area contributed by atoms with Gasteiger partial charge in [0.25, 0.3) is 5.17 Å². The lowest BCUT2D eigenvalue weighted by molar-refractivity contribution is -0.137. The van der Waals surface area contributed by atoms with Crippen molar-refractivity contribution < 1.29 is 22.6 Å². The van der Waals surface area contributed by atoms with Crippen molar-refractivity contribution in [3.8, 4) is 11.5 Å². The number of hydrogen-bond donors (Lipinski definition) is 0. The molecule has 1 aromatic heterocycles. The third-order valence-corrected chi connectivity index (χ3v) is 5.54. The molecule has 31 heavy (non-hydrogen) atoms. The zero-order valence-corrected chi connectivity index (χ0v) is 18.6. The Morgan fingerprint density at radius 2 is 1.74 bits per heavy atom. The summed E-state index contributed by atoms with van der Waals surface area (Å²) in [5.41, 5.74) is 1.14. The second-order valence-electron chi connectivity index (χ2n) is 6.70. The Hall–Kier alpha value is -2.78. The molecule has 0 bridgehead atoms. The minimum atomic E-state index is -4.39. The van der Waals surface area contributed by atoms with Crippen molar-refractivity contribution in [3.05, 3.63) is 70.9 Å². The molecule has 0 aliphatic carbocycles. The molecular weight excluding hydrogens is 445 g/mol. The van der Waals surface area contributed by atoms with Gasteiger partial charge in [-0.2, -0.15) is 24.5 Å². The number of alkyl halides is 3. The third-order valence-electron chi connectivity index (χ3n) is 4.51. The summed E-state index contributed by atoms with van der Waals surface area (Å²) in [5, 5.41) is 4.21. The highest BCUT2D eigenvalue weighted by atomic mass is 32.1. The molecule has 4 nitrogen and oxygen atoms in total. The van der Waals surface area contributed by atoms with Crippen LogP contribution < -0.4 is 19.3 Å². The standard InChI is InChI=1S/C22H21F3N2O2S2/c1-26(18-10-13-31-15-18)11-12-28-20-5-3-4-17(14-20)27(2)21(30)29-19-8-6-16(7-9-19)22(23,24)25/h3-10,13-15H,11-12H2,1-2H3. The third kappa shape index (κ3) is 6.35. The lowest BCUT2D eigenvalue weighted by Gasteiger charge is -2.21. The smallest absolute Gasteiger partial charge is 0.416 e. The first-order valence-electron chi connectivity index (χ1n) is 9.33. The molecule has 0 amide bonds. The van der Waals surface area contributed by atoms with Crippen molar-refractivity contribution in [3.63, 3.8) is 0 Å². The topological polar surface area (TPSA) is 24.9 Å². The number of rotatable bonds is 7. The summed E-state index contributed by atoms with van der Waals surface area (Å²) in [5.74, 6) is 0.911. The summed E-state index contributed by atoms with van der Waals surface area (Å²) in [6.45, 7) is 1.23. The van der Waals surface area contributed by atoms with Crippen LogP contribution in [-0.2, 0) is 6.18 Å². The molecule has 2 aromatic carbocycles. The fourth-order valence-electron chi connectivity index (χ4n) is 2.67. The molecular formula is C22H21F3N2O2S2. The highest BCUT2D eigenvalue weighted by molar-refractivity contribution is 7.80. The van der Waals surface area contributed by atoms with Gasteiger partial charge in [-0.1, -0.05) is 6.07 Å². The molecule has 0 fully saturated rings. The maximum absolute atomic E-state index is 12.7. The Balaban J connectivity index is 1.56. The quantitative estimate of drug-likeness (QED) is 0.393. The Bertz CT molecular complexity index is 993. The van der Waals surface area contributed by atoms with E-state index in [9.17, 15) is 13.2 Å². The van der Waals surface area contributed by atoms with Crippen LogP contribution in [0.5, 0.6) is 11.5 Å². The summed E-state index contributed by atoms with van der Waals surface area (Å²) >= 11 is 6.94. The number of benzene rings is 2. The van der Waals surface area contributed by atoms with Crippen LogP contribution in [0.3, 0.4) is 0 Å². The number of halogens is 3. The maximum Gasteiger partial charge on any atom is 0.416 e. The second kappa shape index (κ2) is 10.0. The molecule has 0 aliphatic heterocycles. The van der Waals surface area contributed by atoms with Crippen molar-refractivity contribution >= 4 is 40.1 Å². The van der Waals surface area contributed by atoms with E-state index in [1.165, 1.54) is 12.1 Å². The predicted octanol–water partition coefficient (Wildman–Crippen LogP) is 6.08. The molecule has 0 saturated heterocycles. The van der Waals surface area contributed by atoms with E-state index in [1.54, 1.807) is 23.3 Å². The molecule has 3 rings (SSSR count). The van der Waals surface area contributed by atoms with Crippen LogP contribution >= 0.6 is 23.6 Å². The molecule has 0 radical (unpaired) electrons. The van der Waals surface area contributed by atoms with Gasteiger partial charge < -0.3 is 19.3 Å². The Morgan fingerprint density at radius 1 is 1.00 bits per heavy atom. The number of nitrogens with zero attached hydrogens (tertiary/aromatic N) is 2. The number of ether oxygens (including phenoxy) is 2. The van der Waals surface area contributed by atoms with Gasteiger partial charge in [-0.3, -0.25) is 0 Å². The number of thiophene rings is 1. The summed E-state index contributed by atoms with van der Waals surface area (Å²) in [7, 11) is 3.72. The lowest BCUT2D eigenvalue weighted by atomic mass is 10.2. The van der Waals surface area contributed by atoms with E-state index in [0.717, 1.165) is 30.1 Å². The monoisotopic (exact) mass is 466 g/mol. The van der Waals surface area contributed by atoms with Gasteiger partial charge in [-0.25, -0.2) is 0 Å². The lowest BCUT2D eigenvalue weighted by Crippen LogP contribution is -2.29. The molecule has 1 heterocycles. The van der Waals surface area contributed by atoms with Crippen LogP contribution in [-0.4, -0.2) is 32.4 Å². The molecule has 0 N–H and O–H groups in total. The SMILES string of the molecule is CN(CCOc1cccc(N(C)C(=S)Oc2ccc(C(F)(F)F)cc2)c1)c1ccsc1. The number of anilines is 2. The Morgan fingerprint density at radius 3 is 2.39 bits per heavy atom. The van der Waals surface area contributed by atoms with E-state index >= 15 is 0 Å². The molecule has 0 atom stereocenters. The zero-order chi connectivity index (χ0) is 22.4. The molecule has 0 spiro atoms. The molecule has 164 valence electrons. The first-order valence-corrected chi connectivity index (χ1v) is 10.7. The van der Waals surface area contributed by atoms with Crippen molar-refractivity contribution in [2.45, 2.75) is 6.18 Å². The molecule has 0 aliphatic rings. The normalized spacial score (nSPS) is 11.1. The van der Waals surface area contributed by atoms with Crippen molar-refractivity contribution in [1.82, 2.24) is 0 Å². The minimum Gasteiger partial charge on any atom is -0.492 e. The highest BCUT2D eigenvalue weighted by Crippen LogP contribution is 2.30. The van der Waals surface area contributed by atoms with Crippen molar-refractivity contribution in [1.29, 1.82) is 0 Å². The fraction of sp³-hybridized carbons (Fsp3) is 0.227. The number of thiocarbonyl (C=S) groups is 1. The van der Waals surface area contributed by atoms with Crippen molar-refractivity contribution in [2.75, 3.05) is 37.0 Å². The van der Waals surface area contributed by atoms with Crippen LogP contribution in [0.15, 0.2) is 65.4 Å². The van der Waals surface area contributed by atoms with Crippen molar-refractivity contribution in [2.24, 2.45) is 0 Å². The van der Waals surface area contributed by atoms with Crippen LogP contribution in [0.25, 0.3) is 0 Å². The second-order valence-corrected chi connectivity index (χ2v) is 7.83. The van der Waals surface area contributed by atoms with Gasteiger partial charge in [0, 0.05) is 36.9 Å². The van der Waals surface area contributed by atoms with Crippen LogP contribution in [0.4, 0.5) is 24.5 Å². The fourth-order valence-corrected chi connectivity index (χ4v) is 3.57. The average Bonchev–Trinajstić information content (AvgIpc) is 3.28. The summed E-state index contributed by atoms with van der Waals surface area (Å²) in [6.07, 6.45) is -4.39. The van der Waals surface area contributed by atoms with Gasteiger partial charge in [0.05, 0.1) is 12.1 Å². The summed E-state index contributed by atoms with van der Waals surface area (Å²) in [4.78, 5) is 3.73. The van der Waals surface area contributed by atoms with Crippen LogP contribution in [0.2, 0.25) is 0 Å². The Labute approximate surface area is 188 Å². The van der Waals surface area contributed by atoms with Gasteiger partial charge in [-0.15, -0.1) is 0 Å². The van der Waals surface area contributed by atoms with Crippen LogP contribution in [0.1, 0.15) is 5.56 Å². The average molecular weight is 467 g/mol. The van der Waals surface area contributed by atoms with E-state index in [0.29, 0.717) is 12.4 Å². The van der Waals surface area contributed by atoms with Gasteiger partial charge in [0.15, 0.2) is 0 Å². The first-order chi connectivity index (χ1) is 14.7. The molecule has 3 aromatic rings. The molecule has 0 unspecified atom stereocenters. The van der Waals surface area contributed by atoms with E-state index < -0.39 is 11.7 Å². The summed E-state index contributed by atoms with van der Waals surface area (Å²) < 4.78 is 49.4. The van der Waals surface area contributed by atoms with E-state index in [-0.39, 0.29) is 10.9 Å². The van der Waals surface area contributed by atoms with E-state index in [1.807, 2.05) is 36.7 Å². The molecule has 9 heteroatoms. The predicted molar refractivity (Wildman–Crippen MR) is 123 cm³/mol. The minimum absolute atomic E-state index is 0.106. The summed E-state index contributed by atoms with van der Waals surface area (Å²) in [6, 6.07) is 13.8. The number of likely N-dealkylation sites (N-methyl/N-ethyl adjacent to an activating group) is 1. The Kier molecular flexibility index (Phi) is 7.40. The highest BCUT2D eigenvalue weighted by Gasteiger charge is 2.30. The van der Waals surface area contributed by atoms with E-state index in [4.69, 9.17) is 21.7 Å². The van der Waals surface area contributed by atoms with Gasteiger partial charge in [-0.05, 0) is 60.1 Å². The number of hydrogen-bond acceptors (Lipinski definition) is 5. The zero-order valence-electron chi connectivity index (χ0n) is 16.9. The van der Waals surface area contributed by atoms with Crippen LogP contribution in [0, 0.1) is 0 Å². The largest absolute Gasteiger partial charge is 0.492 e. The van der Waals surface area contributed by atoms with Gasteiger partial charge >= 0.3 is 6.18 Å². The maximum atomic E-state index is 12.7. The first kappa shape index (κ1) is 22.9.